The summed E-state index contributed by atoms with van der Waals surface area (Å²) in [7, 11) is 2.91. The van der Waals surface area contributed by atoms with Crippen molar-refractivity contribution in [2.75, 3.05) is 27.3 Å². The highest BCUT2D eigenvalue weighted by Gasteiger charge is 2.31. The van der Waals surface area contributed by atoms with Gasteiger partial charge in [0.15, 0.2) is 6.61 Å². The fourth-order valence-electron chi connectivity index (χ4n) is 1.50. The number of carbonyl (C=O) groups excluding carboxylic acids is 3. The maximum absolute atomic E-state index is 12.3. The van der Waals surface area contributed by atoms with Crippen LogP contribution >= 0.6 is 0 Å². The van der Waals surface area contributed by atoms with E-state index in [0.717, 1.165) is 4.90 Å². The molecule has 124 valence electrons. The topological polar surface area (TPSA) is 76.2 Å². The molecule has 0 aromatic rings. The summed E-state index contributed by atoms with van der Waals surface area (Å²) in [5.74, 6) is 1.29. The fourth-order valence-corrected chi connectivity index (χ4v) is 1.50. The van der Waals surface area contributed by atoms with Crippen molar-refractivity contribution in [2.45, 2.75) is 39.3 Å². The summed E-state index contributed by atoms with van der Waals surface area (Å²) in [6, 6.07) is -1.53. The molecule has 0 aromatic heterocycles. The van der Waals surface area contributed by atoms with Crippen LogP contribution in [0.15, 0.2) is 0 Å². The highest BCUT2D eigenvalue weighted by atomic mass is 16.6. The van der Waals surface area contributed by atoms with Gasteiger partial charge < -0.3 is 14.4 Å². The molecule has 2 atom stereocenters. The predicted octanol–water partition coefficient (Wildman–Crippen LogP) is 0.877. The molecule has 7 heteroatoms. The van der Waals surface area contributed by atoms with Gasteiger partial charge in [-0.3, -0.25) is 9.69 Å². The highest BCUT2D eigenvalue weighted by molar-refractivity contribution is 5.89. The predicted molar refractivity (Wildman–Crippen MR) is 80.9 cm³/mol. The molecule has 0 aliphatic carbocycles. The molecule has 0 saturated heterocycles. The number of carbonyl (C=O) groups is 3. The first kappa shape index (κ1) is 19.8. The zero-order valence-electron chi connectivity index (χ0n) is 13.8. The van der Waals surface area contributed by atoms with E-state index < -0.39 is 30.1 Å². The third kappa shape index (κ3) is 5.64. The van der Waals surface area contributed by atoms with Crippen molar-refractivity contribution in [2.24, 2.45) is 0 Å². The van der Waals surface area contributed by atoms with Crippen molar-refractivity contribution in [1.29, 1.82) is 0 Å². The molecule has 2 unspecified atom stereocenters. The maximum Gasteiger partial charge on any atom is 0.411 e. The molecule has 0 radical (unpaired) electrons. The second-order valence-corrected chi connectivity index (χ2v) is 4.84. The Morgan fingerprint density at radius 2 is 1.68 bits per heavy atom. The second kappa shape index (κ2) is 9.66. The molecule has 0 spiro atoms. The van der Waals surface area contributed by atoms with Crippen LogP contribution in [0.1, 0.15) is 27.2 Å². The highest BCUT2D eigenvalue weighted by Crippen LogP contribution is 2.07. The van der Waals surface area contributed by atoms with Gasteiger partial charge in [-0.15, -0.1) is 6.42 Å². The van der Waals surface area contributed by atoms with E-state index in [4.69, 9.17) is 15.9 Å². The van der Waals surface area contributed by atoms with Crippen LogP contribution in [0.4, 0.5) is 4.79 Å². The molecule has 0 bridgehead atoms. The summed E-state index contributed by atoms with van der Waals surface area (Å²) < 4.78 is 9.76. The average Bonchev–Trinajstić information content (AvgIpc) is 2.53. The number of rotatable bonds is 7. The van der Waals surface area contributed by atoms with Crippen molar-refractivity contribution in [3.8, 4) is 12.3 Å². The first-order valence-corrected chi connectivity index (χ1v) is 7.04. The summed E-state index contributed by atoms with van der Waals surface area (Å²) in [4.78, 5) is 38.1. The van der Waals surface area contributed by atoms with Gasteiger partial charge >= 0.3 is 12.1 Å². The minimum absolute atomic E-state index is 0.167. The lowest BCUT2D eigenvalue weighted by molar-refractivity contribution is -0.154. The molecular formula is C15H24N2O5. The molecule has 0 aromatic carbocycles. The first-order valence-electron chi connectivity index (χ1n) is 7.04. The SMILES string of the molecule is C#CCOC(=O)N(C)C(C)C(=O)N(C)C(C)C(=O)OCCC. The van der Waals surface area contributed by atoms with Crippen LogP contribution in [0.5, 0.6) is 0 Å². The van der Waals surface area contributed by atoms with Gasteiger partial charge in [-0.05, 0) is 20.3 Å². The number of terminal acetylenes is 1. The van der Waals surface area contributed by atoms with Gasteiger partial charge in [-0.1, -0.05) is 12.8 Å². The Kier molecular flexibility index (Phi) is 8.68. The Labute approximate surface area is 131 Å². The second-order valence-electron chi connectivity index (χ2n) is 4.84. The zero-order valence-corrected chi connectivity index (χ0v) is 13.8. The zero-order chi connectivity index (χ0) is 17.3. The molecule has 0 rings (SSSR count). The summed E-state index contributed by atoms with van der Waals surface area (Å²) in [6.07, 6.45) is 5.01. The number of hydrogen-bond donors (Lipinski definition) is 0. The van der Waals surface area contributed by atoms with Crippen LogP contribution in [0, 0.1) is 12.3 Å². The fraction of sp³-hybridized carbons (Fsp3) is 0.667. The number of ether oxygens (including phenoxy) is 2. The Morgan fingerprint density at radius 1 is 1.09 bits per heavy atom. The number of hydrogen-bond acceptors (Lipinski definition) is 5. The van der Waals surface area contributed by atoms with Crippen molar-refractivity contribution in [3.63, 3.8) is 0 Å². The summed E-state index contributed by atoms with van der Waals surface area (Å²) in [6.45, 7) is 5.13. The molecule has 0 aliphatic heterocycles. The van der Waals surface area contributed by atoms with E-state index >= 15 is 0 Å². The van der Waals surface area contributed by atoms with Gasteiger partial charge in [0, 0.05) is 14.1 Å². The van der Waals surface area contributed by atoms with E-state index in [1.165, 1.54) is 19.0 Å². The standard InChI is InChI=1S/C15H24N2O5/c1-7-9-21-14(19)12(4)16(5)13(18)11(3)17(6)15(20)22-10-8-2/h2,11-12H,7,9-10H2,1,3-6H3. The largest absolute Gasteiger partial charge is 0.464 e. The summed E-state index contributed by atoms with van der Waals surface area (Å²) >= 11 is 0. The Morgan fingerprint density at radius 3 is 2.18 bits per heavy atom. The number of amides is 2. The van der Waals surface area contributed by atoms with E-state index in [1.54, 1.807) is 13.8 Å². The third-order valence-corrected chi connectivity index (χ3v) is 3.22. The Bertz CT molecular complexity index is 444. The third-order valence-electron chi connectivity index (χ3n) is 3.22. The van der Waals surface area contributed by atoms with E-state index in [2.05, 4.69) is 5.92 Å². The first-order chi connectivity index (χ1) is 10.3. The number of nitrogens with zero attached hydrogens (tertiary/aromatic N) is 2. The molecule has 0 saturated carbocycles. The van der Waals surface area contributed by atoms with Crippen LogP contribution in [0.2, 0.25) is 0 Å². The summed E-state index contributed by atoms with van der Waals surface area (Å²) in [5, 5.41) is 0. The Hall–Kier alpha value is -2.23. The van der Waals surface area contributed by atoms with E-state index in [9.17, 15) is 14.4 Å². The molecule has 7 nitrogen and oxygen atoms in total. The lowest BCUT2D eigenvalue weighted by Gasteiger charge is -2.30. The maximum atomic E-state index is 12.3. The van der Waals surface area contributed by atoms with E-state index in [1.807, 2.05) is 6.92 Å². The van der Waals surface area contributed by atoms with Crippen molar-refractivity contribution >= 4 is 18.0 Å². The number of likely N-dealkylation sites (N-methyl/N-ethyl adjacent to an activating group) is 2. The quantitative estimate of drug-likeness (QED) is 0.515. The molecular weight excluding hydrogens is 288 g/mol. The minimum atomic E-state index is -0.795. The van der Waals surface area contributed by atoms with Crippen LogP contribution in [-0.4, -0.2) is 67.2 Å². The van der Waals surface area contributed by atoms with Crippen molar-refractivity contribution in [3.05, 3.63) is 0 Å². The van der Waals surface area contributed by atoms with Gasteiger partial charge in [-0.25, -0.2) is 9.59 Å². The average molecular weight is 312 g/mol. The van der Waals surface area contributed by atoms with Gasteiger partial charge in [0.1, 0.15) is 12.1 Å². The Balaban J connectivity index is 4.69. The molecule has 0 fully saturated rings. The monoisotopic (exact) mass is 312 g/mol. The molecule has 0 heterocycles. The van der Waals surface area contributed by atoms with E-state index in [0.29, 0.717) is 13.0 Å². The minimum Gasteiger partial charge on any atom is -0.464 e. The van der Waals surface area contributed by atoms with Crippen LogP contribution in [0.25, 0.3) is 0 Å². The summed E-state index contributed by atoms with van der Waals surface area (Å²) in [5.41, 5.74) is 0. The van der Waals surface area contributed by atoms with Gasteiger partial charge in [0.05, 0.1) is 6.61 Å². The van der Waals surface area contributed by atoms with Gasteiger partial charge in [0.25, 0.3) is 0 Å². The smallest absolute Gasteiger partial charge is 0.411 e. The number of esters is 1. The van der Waals surface area contributed by atoms with Crippen LogP contribution < -0.4 is 0 Å². The van der Waals surface area contributed by atoms with Crippen molar-refractivity contribution < 1.29 is 23.9 Å². The van der Waals surface area contributed by atoms with Crippen LogP contribution in [0.3, 0.4) is 0 Å². The molecule has 0 aliphatic rings. The van der Waals surface area contributed by atoms with Crippen LogP contribution in [-0.2, 0) is 19.1 Å². The molecule has 0 N–H and O–H groups in total. The van der Waals surface area contributed by atoms with Gasteiger partial charge in [0.2, 0.25) is 5.91 Å². The van der Waals surface area contributed by atoms with Crippen molar-refractivity contribution in [1.82, 2.24) is 9.80 Å². The molecule has 2 amide bonds. The lowest BCUT2D eigenvalue weighted by Crippen LogP contribution is -2.51. The lowest BCUT2D eigenvalue weighted by atomic mass is 10.2. The normalized spacial score (nSPS) is 12.5. The van der Waals surface area contributed by atoms with Gasteiger partial charge in [-0.2, -0.15) is 0 Å². The van der Waals surface area contributed by atoms with E-state index in [-0.39, 0.29) is 6.61 Å². The molecule has 22 heavy (non-hydrogen) atoms.